The van der Waals surface area contributed by atoms with Crippen LogP contribution in [0.15, 0.2) is 11.4 Å². The Hall–Kier alpha value is -2.16. The maximum Gasteiger partial charge on any atom is 0.417 e. The Morgan fingerprint density at radius 2 is 2.09 bits per heavy atom. The number of anilines is 1. The van der Waals surface area contributed by atoms with Crippen LogP contribution in [0.4, 0.5) is 10.6 Å². The van der Waals surface area contributed by atoms with Gasteiger partial charge in [0.05, 0.1) is 5.54 Å². The van der Waals surface area contributed by atoms with Crippen LogP contribution in [0, 0.1) is 11.8 Å². The van der Waals surface area contributed by atoms with E-state index in [9.17, 15) is 14.4 Å². The summed E-state index contributed by atoms with van der Waals surface area (Å²) in [7, 11) is 0. The monoisotopic (exact) mass is 462 g/mol. The highest BCUT2D eigenvalue weighted by Gasteiger charge is 2.47. The van der Waals surface area contributed by atoms with E-state index in [0.29, 0.717) is 30.4 Å². The van der Waals surface area contributed by atoms with Gasteiger partial charge in [-0.2, -0.15) is 0 Å². The van der Waals surface area contributed by atoms with Gasteiger partial charge in [-0.3, -0.25) is 14.5 Å². The number of carbonyl (C=O) groups is 3. The molecule has 32 heavy (non-hydrogen) atoms. The number of carbonyl (C=O) groups excluding carboxylic acids is 3. The molecular weight excluding hydrogens is 428 g/mol. The molecule has 3 amide bonds. The molecule has 1 saturated heterocycles. The van der Waals surface area contributed by atoms with Gasteiger partial charge in [0.25, 0.3) is 0 Å². The van der Waals surface area contributed by atoms with Crippen LogP contribution in [0.25, 0.3) is 0 Å². The molecule has 0 spiro atoms. The number of likely N-dealkylation sites (tertiary alicyclic amines) is 1. The topological polar surface area (TPSA) is 92.7 Å². The first-order valence-electron chi connectivity index (χ1n) is 11.2. The normalized spacial score (nSPS) is 20.3. The zero-order valence-corrected chi connectivity index (χ0v) is 20.7. The first-order valence-corrected chi connectivity index (χ1v) is 12.4. The third-order valence-corrected chi connectivity index (χ3v) is 7.07. The molecule has 0 aromatic carbocycles. The number of nitrogens with zero attached hydrogens (tertiary/aromatic N) is 4. The summed E-state index contributed by atoms with van der Waals surface area (Å²) in [5.74, 6) is 0.225. The fraction of sp³-hybridized carbons (Fsp3) is 0.696. The maximum atomic E-state index is 13.0. The molecule has 1 atom stereocenters. The van der Waals surface area contributed by atoms with Crippen LogP contribution in [0.2, 0.25) is 0 Å². The minimum Gasteiger partial charge on any atom is -0.443 e. The fourth-order valence-corrected chi connectivity index (χ4v) is 4.86. The van der Waals surface area contributed by atoms with Crippen molar-refractivity contribution >= 4 is 36.0 Å². The first kappa shape index (κ1) is 24.5. The van der Waals surface area contributed by atoms with Crippen molar-refractivity contribution in [1.29, 1.82) is 0 Å². The number of hydrogen-bond acceptors (Lipinski definition) is 7. The van der Waals surface area contributed by atoms with E-state index in [4.69, 9.17) is 9.72 Å². The molecule has 8 nitrogen and oxygen atoms in total. The van der Waals surface area contributed by atoms with E-state index in [1.165, 1.54) is 16.7 Å². The van der Waals surface area contributed by atoms with Gasteiger partial charge < -0.3 is 4.74 Å². The van der Waals surface area contributed by atoms with E-state index in [1.807, 2.05) is 6.26 Å². The highest BCUT2D eigenvalue weighted by molar-refractivity contribution is 7.98. The van der Waals surface area contributed by atoms with E-state index in [1.54, 1.807) is 31.9 Å². The lowest BCUT2D eigenvalue weighted by atomic mass is 9.68. The molecule has 1 aliphatic carbocycles. The van der Waals surface area contributed by atoms with E-state index in [0.717, 1.165) is 31.2 Å². The van der Waals surface area contributed by atoms with Crippen molar-refractivity contribution in [3.05, 3.63) is 11.8 Å². The summed E-state index contributed by atoms with van der Waals surface area (Å²) in [6.07, 6.45) is 7.72. The van der Waals surface area contributed by atoms with Gasteiger partial charge in [0.15, 0.2) is 5.16 Å². The van der Waals surface area contributed by atoms with Crippen molar-refractivity contribution in [2.24, 2.45) is 11.8 Å². The third-order valence-electron chi connectivity index (χ3n) is 6.51. The molecule has 2 heterocycles. The van der Waals surface area contributed by atoms with Gasteiger partial charge in [0.1, 0.15) is 11.4 Å². The van der Waals surface area contributed by atoms with E-state index in [2.05, 4.69) is 18.8 Å². The van der Waals surface area contributed by atoms with Gasteiger partial charge >= 0.3 is 6.09 Å². The molecule has 0 bridgehead atoms. The number of amides is 3. The smallest absolute Gasteiger partial charge is 0.417 e. The van der Waals surface area contributed by atoms with Crippen molar-refractivity contribution in [3.8, 4) is 0 Å². The molecule has 176 valence electrons. The average Bonchev–Trinajstić information content (AvgIpc) is 3.04. The molecule has 0 radical (unpaired) electrons. The van der Waals surface area contributed by atoms with Crippen LogP contribution in [-0.2, 0) is 20.7 Å². The average molecular weight is 463 g/mol. The molecule has 0 unspecified atom stereocenters. The van der Waals surface area contributed by atoms with Crippen molar-refractivity contribution in [2.45, 2.75) is 83.0 Å². The summed E-state index contributed by atoms with van der Waals surface area (Å²) in [5.41, 5.74) is -0.170. The zero-order chi connectivity index (χ0) is 23.7. The number of thioether (sulfide) groups is 1. The summed E-state index contributed by atoms with van der Waals surface area (Å²) < 4.78 is 5.38. The standard InChI is InChI=1S/C23H34N4O4S/c1-15(2)23(9-7-10-23)27(14-28)18-17(13-24-20(25-18)32-6)12-16-8-11-26(19(16)29)21(30)31-22(3,4)5/h13-16H,7-12H2,1-6H3/t16-/m0/s1. The van der Waals surface area contributed by atoms with Gasteiger partial charge in [-0.05, 0) is 65.0 Å². The van der Waals surface area contributed by atoms with Crippen LogP contribution in [-0.4, -0.2) is 57.2 Å². The lowest BCUT2D eigenvalue weighted by molar-refractivity contribution is -0.130. The Balaban J connectivity index is 1.87. The molecule has 1 aromatic heterocycles. The molecule has 0 N–H and O–H groups in total. The largest absolute Gasteiger partial charge is 0.443 e. The number of imide groups is 1. The first-order chi connectivity index (χ1) is 15.0. The molecular formula is C23H34N4O4S. The predicted molar refractivity (Wildman–Crippen MR) is 124 cm³/mol. The van der Waals surface area contributed by atoms with Gasteiger partial charge in [-0.15, -0.1) is 0 Å². The molecule has 1 aliphatic heterocycles. The molecule has 3 rings (SSSR count). The number of rotatable bonds is 7. The Bertz CT molecular complexity index is 879. The highest BCUT2D eigenvalue weighted by Crippen LogP contribution is 2.45. The molecule has 2 aliphatic rings. The summed E-state index contributed by atoms with van der Waals surface area (Å²) in [6, 6.07) is 0. The van der Waals surface area contributed by atoms with Crippen LogP contribution in [0.3, 0.4) is 0 Å². The Kier molecular flexibility index (Phi) is 7.17. The van der Waals surface area contributed by atoms with Crippen molar-refractivity contribution < 1.29 is 19.1 Å². The summed E-state index contributed by atoms with van der Waals surface area (Å²) in [4.78, 5) is 49.8. The summed E-state index contributed by atoms with van der Waals surface area (Å²) in [5, 5.41) is 0.585. The van der Waals surface area contributed by atoms with Crippen LogP contribution in [0.5, 0.6) is 0 Å². The Morgan fingerprint density at radius 1 is 1.41 bits per heavy atom. The Labute approximate surface area is 194 Å². The zero-order valence-electron chi connectivity index (χ0n) is 19.9. The number of hydrogen-bond donors (Lipinski definition) is 0. The predicted octanol–water partition coefficient (Wildman–Crippen LogP) is 4.07. The second kappa shape index (κ2) is 9.37. The summed E-state index contributed by atoms with van der Waals surface area (Å²) in [6.45, 7) is 9.91. The van der Waals surface area contributed by atoms with E-state index >= 15 is 0 Å². The highest BCUT2D eigenvalue weighted by atomic mass is 32.2. The van der Waals surface area contributed by atoms with Gasteiger partial charge in [0.2, 0.25) is 12.3 Å². The van der Waals surface area contributed by atoms with Crippen molar-refractivity contribution in [2.75, 3.05) is 17.7 Å². The minimum absolute atomic E-state index is 0.251. The van der Waals surface area contributed by atoms with Crippen LogP contribution < -0.4 is 4.90 Å². The second-order valence-electron chi connectivity index (χ2n) is 9.95. The lowest BCUT2D eigenvalue weighted by Crippen LogP contribution is -2.57. The van der Waals surface area contributed by atoms with E-state index in [-0.39, 0.29) is 23.3 Å². The molecule has 2 fully saturated rings. The molecule has 1 aromatic rings. The second-order valence-corrected chi connectivity index (χ2v) is 10.7. The van der Waals surface area contributed by atoms with Gasteiger partial charge in [0, 0.05) is 24.2 Å². The molecule has 9 heteroatoms. The minimum atomic E-state index is -0.664. The van der Waals surface area contributed by atoms with Crippen molar-refractivity contribution in [1.82, 2.24) is 14.9 Å². The maximum absolute atomic E-state index is 13.0. The lowest BCUT2D eigenvalue weighted by Gasteiger charge is -2.51. The van der Waals surface area contributed by atoms with E-state index < -0.39 is 11.7 Å². The van der Waals surface area contributed by atoms with Crippen LogP contribution >= 0.6 is 11.8 Å². The third kappa shape index (κ3) is 4.77. The van der Waals surface area contributed by atoms with Crippen molar-refractivity contribution in [3.63, 3.8) is 0 Å². The molecule has 1 saturated carbocycles. The fourth-order valence-electron chi connectivity index (χ4n) is 4.53. The Morgan fingerprint density at radius 3 is 2.59 bits per heavy atom. The van der Waals surface area contributed by atoms with Gasteiger partial charge in [-0.25, -0.2) is 19.7 Å². The number of aromatic nitrogens is 2. The van der Waals surface area contributed by atoms with Gasteiger partial charge in [-0.1, -0.05) is 25.6 Å². The summed E-state index contributed by atoms with van der Waals surface area (Å²) >= 11 is 1.42. The SMILES string of the molecule is CSc1ncc(C[C@@H]2CCN(C(=O)OC(C)(C)C)C2=O)c(N(C=O)C2(C(C)C)CCC2)n1. The van der Waals surface area contributed by atoms with Crippen LogP contribution in [0.1, 0.15) is 65.9 Å². The quantitative estimate of drug-likeness (QED) is 0.343. The number of ether oxygens (including phenoxy) is 1.